The second-order valence-electron chi connectivity index (χ2n) is 15.7. The summed E-state index contributed by atoms with van der Waals surface area (Å²) >= 11 is 0. The van der Waals surface area contributed by atoms with Gasteiger partial charge in [-0.25, -0.2) is 14.4 Å². The molecule has 4 heterocycles. The first kappa shape index (κ1) is 41.4. The number of hydrogen-bond acceptors (Lipinski definition) is 13. The van der Waals surface area contributed by atoms with Gasteiger partial charge in [0.2, 0.25) is 17.1 Å². The van der Waals surface area contributed by atoms with Gasteiger partial charge in [0.15, 0.2) is 17.0 Å². The van der Waals surface area contributed by atoms with Gasteiger partial charge in [0, 0.05) is 66.2 Å². The molecule has 0 amide bonds. The summed E-state index contributed by atoms with van der Waals surface area (Å²) in [4.78, 5) is 24.5. The van der Waals surface area contributed by atoms with Crippen LogP contribution in [-0.2, 0) is 35.1 Å². The zero-order valence-electron chi connectivity index (χ0n) is 31.1. The van der Waals surface area contributed by atoms with Crippen molar-refractivity contribution in [3.63, 3.8) is 0 Å². The Bertz CT molecular complexity index is 2530. The Morgan fingerprint density at radius 2 is 1.48 bits per heavy atom. The molecule has 3 aromatic rings. The summed E-state index contributed by atoms with van der Waals surface area (Å²) < 4.78 is 110. The number of fused-ring (bicyclic) bond motifs is 4. The molecule has 0 spiro atoms. The minimum Gasteiger partial charge on any atom is -0.492 e. The third kappa shape index (κ3) is 9.13. The van der Waals surface area contributed by atoms with Gasteiger partial charge >= 0.3 is 5.97 Å². The Morgan fingerprint density at radius 3 is 2.09 bits per heavy atom. The van der Waals surface area contributed by atoms with Crippen molar-refractivity contribution in [2.24, 2.45) is 4.99 Å². The molecule has 56 heavy (non-hydrogen) atoms. The molecule has 0 bridgehead atoms. The number of aromatic nitrogens is 1. The Labute approximate surface area is 323 Å². The smallest absolute Gasteiger partial charge is 0.333 e. The number of aromatic hydroxyl groups is 2. The van der Waals surface area contributed by atoms with Crippen LogP contribution in [0, 0.1) is 0 Å². The summed E-state index contributed by atoms with van der Waals surface area (Å²) in [7, 11) is -13.1. The molecule has 2 unspecified atom stereocenters. The molecule has 3 aliphatic rings. The second-order valence-corrected chi connectivity index (χ2v) is 20.3. The van der Waals surface area contributed by atoms with E-state index in [1.165, 1.54) is 0 Å². The van der Waals surface area contributed by atoms with Gasteiger partial charge in [-0.15, -0.1) is 4.73 Å². The SMILES string of the molecule is CC1(C)CC(CS(=O)(=O)O)c2cc3c(cc2N1CCCS(=O)(=O)O)Oc1cc2c(cc1=N3)C(CS(=O)(=O)O)CC(C)(C)[N+]=2CCCC(=O)On1c(O)ccc1O. The van der Waals surface area contributed by atoms with Gasteiger partial charge in [0.1, 0.15) is 17.6 Å². The quantitative estimate of drug-likeness (QED) is 0.0955. The van der Waals surface area contributed by atoms with Crippen molar-refractivity contribution in [3.05, 3.63) is 58.2 Å². The maximum absolute atomic E-state index is 12.6. The van der Waals surface area contributed by atoms with Gasteiger partial charge < -0.3 is 24.7 Å². The van der Waals surface area contributed by atoms with Crippen LogP contribution < -0.4 is 29.8 Å². The van der Waals surface area contributed by atoms with Crippen molar-refractivity contribution in [1.82, 2.24) is 9.31 Å². The minimum atomic E-state index is -4.43. The molecule has 21 heteroatoms. The van der Waals surface area contributed by atoms with E-state index < -0.39 is 88.3 Å². The molecule has 1 aromatic heterocycles. The summed E-state index contributed by atoms with van der Waals surface area (Å²) in [5.74, 6) is -4.06. The third-order valence-corrected chi connectivity index (χ3v) is 12.9. The van der Waals surface area contributed by atoms with E-state index in [0.717, 1.165) is 12.1 Å². The number of hydrogen-bond donors (Lipinski definition) is 5. The molecule has 3 aliphatic heterocycles. The van der Waals surface area contributed by atoms with Crippen LogP contribution in [0.25, 0.3) is 0 Å². The van der Waals surface area contributed by atoms with E-state index in [4.69, 9.17) is 14.6 Å². The van der Waals surface area contributed by atoms with E-state index in [1.807, 2.05) is 37.2 Å². The molecule has 0 saturated carbocycles. The first-order valence-corrected chi connectivity index (χ1v) is 22.6. The average molecular weight is 842 g/mol. The molecule has 0 radical (unpaired) electrons. The molecule has 0 fully saturated rings. The topological polar surface area (TPSA) is 263 Å². The maximum Gasteiger partial charge on any atom is 0.333 e. The predicted molar refractivity (Wildman–Crippen MR) is 202 cm³/mol. The first-order valence-electron chi connectivity index (χ1n) is 17.8. The molecule has 5 N–H and O–H groups in total. The molecule has 0 aliphatic carbocycles. The summed E-state index contributed by atoms with van der Waals surface area (Å²) in [6, 6.07) is 9.04. The van der Waals surface area contributed by atoms with Crippen LogP contribution >= 0.6 is 0 Å². The largest absolute Gasteiger partial charge is 0.492 e. The van der Waals surface area contributed by atoms with Crippen LogP contribution in [0.3, 0.4) is 0 Å². The molecule has 2 atom stereocenters. The molecular formula is C35H45N4O14S3+. The van der Waals surface area contributed by atoms with E-state index in [2.05, 4.69) is 0 Å². The highest BCUT2D eigenvalue weighted by Crippen LogP contribution is 2.49. The maximum atomic E-state index is 12.6. The van der Waals surface area contributed by atoms with E-state index in [1.54, 1.807) is 24.3 Å². The fourth-order valence-corrected chi connectivity index (χ4v) is 10.3. The number of carbonyl (C=O) groups is 1. The highest BCUT2D eigenvalue weighted by molar-refractivity contribution is 7.86. The van der Waals surface area contributed by atoms with E-state index in [-0.39, 0.29) is 44.5 Å². The van der Waals surface area contributed by atoms with Crippen molar-refractivity contribution < 1.29 is 63.5 Å². The lowest BCUT2D eigenvalue weighted by Crippen LogP contribution is -2.54. The van der Waals surface area contributed by atoms with Gasteiger partial charge in [-0.05, 0) is 58.2 Å². The summed E-state index contributed by atoms with van der Waals surface area (Å²) in [5.41, 5.74) is 0.518. The average Bonchev–Trinajstić information content (AvgIpc) is 3.35. The lowest BCUT2D eigenvalue weighted by Gasteiger charge is -2.48. The summed E-state index contributed by atoms with van der Waals surface area (Å²) in [6.07, 6.45) is 0.761. The third-order valence-electron chi connectivity index (χ3n) is 10.5. The lowest BCUT2D eigenvalue weighted by molar-refractivity contribution is -0.145. The highest BCUT2D eigenvalue weighted by atomic mass is 32.2. The van der Waals surface area contributed by atoms with Gasteiger partial charge in [0.25, 0.3) is 30.4 Å². The van der Waals surface area contributed by atoms with Crippen molar-refractivity contribution in [2.45, 2.75) is 82.7 Å². The molecule has 306 valence electrons. The van der Waals surface area contributed by atoms with E-state index in [9.17, 15) is 53.9 Å². The van der Waals surface area contributed by atoms with Crippen LogP contribution in [0.2, 0.25) is 0 Å². The zero-order valence-corrected chi connectivity index (χ0v) is 33.6. The molecular weight excluding hydrogens is 797 g/mol. The standard InChI is InChI=1S/C35H44N4O14S3/c1-34(2)17-21(19-55(46,47)48)23-13-25-29(15-27(23)37(34)10-5-7-33(42)53-39-31(40)8-9-32(39)41)52-30-16-28-24(14-26(30)36-25)22(20-56(49,50)51)18-35(3,4)38(28)11-6-12-54(43,44)45/h8-9,13-16,21-22,36H,5-7,10-12,17-20H2,1-4H3,(H3,43,44,45,46,47,48,49,50,51)/p+1. The highest BCUT2D eigenvalue weighted by Gasteiger charge is 2.43. The number of nitrogens with zero attached hydrogens (tertiary/aromatic N) is 4. The Morgan fingerprint density at radius 1 is 0.857 bits per heavy atom. The summed E-state index contributed by atoms with van der Waals surface area (Å²) in [5, 5.41) is 20.6. The van der Waals surface area contributed by atoms with Gasteiger partial charge in [0.05, 0.1) is 29.7 Å². The van der Waals surface area contributed by atoms with Crippen molar-refractivity contribution in [2.75, 3.05) is 35.2 Å². The van der Waals surface area contributed by atoms with Crippen LogP contribution in [0.15, 0.2) is 41.4 Å². The minimum absolute atomic E-state index is 0.0628. The number of anilines is 1. The number of benzene rings is 2. The fourth-order valence-electron chi connectivity index (χ4n) is 8.24. The number of carbonyl (C=O) groups excluding carboxylic acids is 1. The molecule has 6 rings (SSSR count). The fraction of sp³-hybridized carbons (Fsp3) is 0.514. The Hall–Kier alpha value is -4.28. The van der Waals surface area contributed by atoms with Crippen molar-refractivity contribution >= 4 is 47.7 Å². The normalized spacial score (nSPS) is 19.8. The van der Waals surface area contributed by atoms with E-state index >= 15 is 0 Å². The monoisotopic (exact) mass is 841 g/mol. The number of ether oxygens (including phenoxy) is 1. The van der Waals surface area contributed by atoms with Crippen LogP contribution in [0.1, 0.15) is 82.8 Å². The van der Waals surface area contributed by atoms with Gasteiger partial charge in [-0.2, -0.15) is 25.3 Å². The van der Waals surface area contributed by atoms with E-state index in [0.29, 0.717) is 50.1 Å². The lowest BCUT2D eigenvalue weighted by atomic mass is 9.79. The van der Waals surface area contributed by atoms with Gasteiger partial charge in [-0.3, -0.25) is 13.7 Å². The zero-order chi connectivity index (χ0) is 41.2. The van der Waals surface area contributed by atoms with Crippen LogP contribution in [0.5, 0.6) is 23.3 Å². The molecule has 18 nitrogen and oxygen atoms in total. The van der Waals surface area contributed by atoms with Crippen LogP contribution in [-0.4, -0.2) is 101 Å². The van der Waals surface area contributed by atoms with Crippen LogP contribution in [0.4, 0.5) is 11.4 Å². The Kier molecular flexibility index (Phi) is 10.8. The van der Waals surface area contributed by atoms with Gasteiger partial charge in [-0.1, -0.05) is 0 Å². The van der Waals surface area contributed by atoms with Crippen molar-refractivity contribution in [1.29, 1.82) is 0 Å². The first-order chi connectivity index (χ1) is 25.8. The molecule has 0 saturated heterocycles. The Balaban J connectivity index is 1.43. The second kappa shape index (κ2) is 14.6. The predicted octanol–water partition coefficient (Wildman–Crippen LogP) is 2.27. The van der Waals surface area contributed by atoms with Crippen molar-refractivity contribution in [3.8, 4) is 23.3 Å². The summed E-state index contributed by atoms with van der Waals surface area (Å²) in [6.45, 7) is 7.97. The molecule has 2 aromatic carbocycles. The number of rotatable bonds is 13.